The molecule has 0 aliphatic heterocycles. The molecule has 0 aliphatic rings. The summed E-state index contributed by atoms with van der Waals surface area (Å²) in [7, 11) is 0. The van der Waals surface area contributed by atoms with Gasteiger partial charge in [0, 0.05) is 15.7 Å². The quantitative estimate of drug-likeness (QED) is 0.827. The van der Waals surface area contributed by atoms with Crippen LogP contribution in [0.2, 0.25) is 0 Å². The Bertz CT molecular complexity index is 681. The van der Waals surface area contributed by atoms with Crippen LogP contribution in [0.1, 0.15) is 34.6 Å². The van der Waals surface area contributed by atoms with Gasteiger partial charge in [0.25, 0.3) is 5.91 Å². The van der Waals surface area contributed by atoms with Crippen LogP contribution >= 0.6 is 15.9 Å². The molecule has 0 aliphatic carbocycles. The molecule has 0 bridgehead atoms. The summed E-state index contributed by atoms with van der Waals surface area (Å²) in [5, 5.41) is 2.76. The van der Waals surface area contributed by atoms with E-state index in [1.807, 2.05) is 0 Å². The third kappa shape index (κ3) is 4.43. The second-order valence-electron chi connectivity index (χ2n) is 5.00. The molecule has 0 saturated heterocycles. The molecule has 0 aromatic heterocycles. The third-order valence-corrected chi connectivity index (χ3v) is 3.33. The molecule has 0 heterocycles. The Balaban J connectivity index is 2.11. The van der Waals surface area contributed by atoms with Gasteiger partial charge in [0.05, 0.1) is 11.7 Å². The Hall–Kier alpha value is -2.14. The van der Waals surface area contributed by atoms with Crippen LogP contribution in [0.3, 0.4) is 0 Å². The molecule has 0 spiro atoms. The van der Waals surface area contributed by atoms with Gasteiger partial charge in [-0.2, -0.15) is 0 Å². The summed E-state index contributed by atoms with van der Waals surface area (Å²) in [6, 6.07) is 13.7. The minimum Gasteiger partial charge on any atom is -0.459 e. The summed E-state index contributed by atoms with van der Waals surface area (Å²) >= 11 is 3.32. The van der Waals surface area contributed by atoms with Gasteiger partial charge in [-0.05, 0) is 56.3 Å². The first-order chi connectivity index (χ1) is 10.5. The number of carbonyl (C=O) groups excluding carboxylic acids is 2. The fourth-order valence-corrected chi connectivity index (χ4v) is 2.07. The van der Waals surface area contributed by atoms with Gasteiger partial charge in [-0.1, -0.05) is 22.0 Å². The maximum absolute atomic E-state index is 12.1. The third-order valence-electron chi connectivity index (χ3n) is 2.81. The molecule has 1 N–H and O–H groups in total. The van der Waals surface area contributed by atoms with Crippen molar-refractivity contribution in [3.05, 3.63) is 64.1 Å². The van der Waals surface area contributed by atoms with Gasteiger partial charge in [0.1, 0.15) is 0 Å². The Kier molecular flexibility index (Phi) is 5.33. The molecule has 0 fully saturated rings. The van der Waals surface area contributed by atoms with E-state index in [0.717, 1.165) is 4.47 Å². The molecule has 0 radical (unpaired) electrons. The van der Waals surface area contributed by atoms with Gasteiger partial charge in [0.2, 0.25) is 0 Å². The number of carbonyl (C=O) groups is 2. The van der Waals surface area contributed by atoms with Crippen LogP contribution in [-0.2, 0) is 4.74 Å². The highest BCUT2D eigenvalue weighted by atomic mass is 79.9. The van der Waals surface area contributed by atoms with Crippen molar-refractivity contribution in [2.45, 2.75) is 20.0 Å². The van der Waals surface area contributed by atoms with E-state index in [1.54, 1.807) is 62.4 Å². The van der Waals surface area contributed by atoms with E-state index in [9.17, 15) is 9.59 Å². The standard InChI is InChI=1S/C17H16BrNO3/c1-11(2)22-17(21)13-4-3-5-15(10-13)19-16(20)12-6-8-14(18)9-7-12/h3-11H,1-2H3,(H,19,20). The minimum absolute atomic E-state index is 0.187. The van der Waals surface area contributed by atoms with Gasteiger partial charge in [-0.3, -0.25) is 4.79 Å². The Morgan fingerprint density at radius 3 is 2.36 bits per heavy atom. The lowest BCUT2D eigenvalue weighted by atomic mass is 10.1. The molecule has 2 aromatic carbocycles. The highest BCUT2D eigenvalue weighted by Gasteiger charge is 2.11. The van der Waals surface area contributed by atoms with Crippen LogP contribution in [0, 0.1) is 0 Å². The second-order valence-corrected chi connectivity index (χ2v) is 5.91. The molecule has 22 heavy (non-hydrogen) atoms. The van der Waals surface area contributed by atoms with Crippen LogP contribution < -0.4 is 5.32 Å². The lowest BCUT2D eigenvalue weighted by Crippen LogP contribution is -2.14. The Morgan fingerprint density at radius 2 is 1.73 bits per heavy atom. The molecule has 1 amide bonds. The minimum atomic E-state index is -0.408. The largest absolute Gasteiger partial charge is 0.459 e. The predicted molar refractivity (Wildman–Crippen MR) is 89.1 cm³/mol. The van der Waals surface area contributed by atoms with E-state index in [0.29, 0.717) is 16.8 Å². The van der Waals surface area contributed by atoms with Crippen LogP contribution in [0.15, 0.2) is 53.0 Å². The number of hydrogen-bond acceptors (Lipinski definition) is 3. The van der Waals surface area contributed by atoms with E-state index >= 15 is 0 Å². The lowest BCUT2D eigenvalue weighted by molar-refractivity contribution is 0.0378. The molecular formula is C17H16BrNO3. The summed E-state index contributed by atoms with van der Waals surface area (Å²) < 4.78 is 6.04. The van der Waals surface area contributed by atoms with E-state index < -0.39 is 5.97 Å². The van der Waals surface area contributed by atoms with Crippen molar-refractivity contribution in [2.75, 3.05) is 5.32 Å². The first kappa shape index (κ1) is 16.2. The van der Waals surface area contributed by atoms with Crippen LogP contribution in [0.25, 0.3) is 0 Å². The molecule has 2 rings (SSSR count). The van der Waals surface area contributed by atoms with Gasteiger partial charge >= 0.3 is 5.97 Å². The smallest absolute Gasteiger partial charge is 0.338 e. The maximum atomic E-state index is 12.1. The van der Waals surface area contributed by atoms with E-state index in [1.165, 1.54) is 0 Å². The topological polar surface area (TPSA) is 55.4 Å². The predicted octanol–water partition coefficient (Wildman–Crippen LogP) is 4.27. The van der Waals surface area contributed by atoms with Crippen molar-refractivity contribution in [1.82, 2.24) is 0 Å². The summed E-state index contributed by atoms with van der Waals surface area (Å²) in [6.45, 7) is 3.58. The van der Waals surface area contributed by atoms with Crippen LogP contribution in [0.5, 0.6) is 0 Å². The van der Waals surface area contributed by atoms with Crippen molar-refractivity contribution >= 4 is 33.5 Å². The van der Waals surface area contributed by atoms with E-state index in [4.69, 9.17) is 4.74 Å². The molecule has 4 nitrogen and oxygen atoms in total. The molecule has 0 saturated carbocycles. The first-order valence-electron chi connectivity index (χ1n) is 6.83. The number of benzene rings is 2. The van der Waals surface area contributed by atoms with E-state index in [2.05, 4.69) is 21.2 Å². The zero-order valence-corrected chi connectivity index (χ0v) is 13.9. The number of amides is 1. The molecular weight excluding hydrogens is 346 g/mol. The zero-order chi connectivity index (χ0) is 16.1. The van der Waals surface area contributed by atoms with Crippen LogP contribution in [0.4, 0.5) is 5.69 Å². The van der Waals surface area contributed by atoms with Crippen molar-refractivity contribution in [2.24, 2.45) is 0 Å². The summed E-state index contributed by atoms with van der Waals surface area (Å²) in [5.74, 6) is -0.642. The SMILES string of the molecule is CC(C)OC(=O)c1cccc(NC(=O)c2ccc(Br)cc2)c1. The average Bonchev–Trinajstić information content (AvgIpc) is 2.47. The lowest BCUT2D eigenvalue weighted by Gasteiger charge is -2.10. The van der Waals surface area contributed by atoms with Gasteiger partial charge in [-0.15, -0.1) is 0 Å². The Labute approximate surface area is 137 Å². The highest BCUT2D eigenvalue weighted by Crippen LogP contribution is 2.15. The zero-order valence-electron chi connectivity index (χ0n) is 12.3. The van der Waals surface area contributed by atoms with Gasteiger partial charge < -0.3 is 10.1 Å². The van der Waals surface area contributed by atoms with Crippen LogP contribution in [-0.4, -0.2) is 18.0 Å². The summed E-state index contributed by atoms with van der Waals surface area (Å²) in [4.78, 5) is 24.0. The number of anilines is 1. The number of halogens is 1. The molecule has 0 unspecified atom stereocenters. The average molecular weight is 362 g/mol. The molecule has 0 atom stereocenters. The molecule has 5 heteroatoms. The van der Waals surface area contributed by atoms with E-state index in [-0.39, 0.29) is 12.0 Å². The number of ether oxygens (including phenoxy) is 1. The first-order valence-corrected chi connectivity index (χ1v) is 7.63. The highest BCUT2D eigenvalue weighted by molar-refractivity contribution is 9.10. The van der Waals surface area contributed by atoms with Crippen molar-refractivity contribution in [3.8, 4) is 0 Å². The van der Waals surface area contributed by atoms with Crippen molar-refractivity contribution < 1.29 is 14.3 Å². The fraction of sp³-hybridized carbons (Fsp3) is 0.176. The monoisotopic (exact) mass is 361 g/mol. The maximum Gasteiger partial charge on any atom is 0.338 e. The second kappa shape index (κ2) is 7.22. The summed E-state index contributed by atoms with van der Waals surface area (Å²) in [5.41, 5.74) is 1.49. The number of esters is 1. The number of rotatable bonds is 4. The Morgan fingerprint density at radius 1 is 1.05 bits per heavy atom. The van der Waals surface area contributed by atoms with Crippen molar-refractivity contribution in [1.29, 1.82) is 0 Å². The van der Waals surface area contributed by atoms with Gasteiger partial charge in [0.15, 0.2) is 0 Å². The van der Waals surface area contributed by atoms with Crippen molar-refractivity contribution in [3.63, 3.8) is 0 Å². The number of hydrogen-bond donors (Lipinski definition) is 1. The molecule has 114 valence electrons. The van der Waals surface area contributed by atoms with Gasteiger partial charge in [-0.25, -0.2) is 4.79 Å². The normalized spacial score (nSPS) is 10.4. The number of nitrogens with one attached hydrogen (secondary N) is 1. The molecule has 2 aromatic rings. The fourth-order valence-electron chi connectivity index (χ4n) is 1.81. The summed E-state index contributed by atoms with van der Waals surface area (Å²) in [6.07, 6.45) is -0.187.